The maximum atomic E-state index is 10.9. The lowest BCUT2D eigenvalue weighted by atomic mass is 10.1. The lowest BCUT2D eigenvalue weighted by Crippen LogP contribution is -2.02. The zero-order valence-corrected chi connectivity index (χ0v) is 13.9. The van der Waals surface area contributed by atoms with Gasteiger partial charge in [-0.15, -0.1) is 6.58 Å². The van der Waals surface area contributed by atoms with E-state index < -0.39 is 6.10 Å². The van der Waals surface area contributed by atoms with Gasteiger partial charge >= 0.3 is 5.97 Å². The van der Waals surface area contributed by atoms with E-state index in [1.165, 1.54) is 13.5 Å². The third-order valence-electron chi connectivity index (χ3n) is 3.32. The molecule has 1 atom stereocenters. The van der Waals surface area contributed by atoms with E-state index in [-0.39, 0.29) is 5.97 Å². The summed E-state index contributed by atoms with van der Waals surface area (Å²) in [5.74, 6) is 5.57. The molecule has 1 N–H and O–H groups in total. The third-order valence-corrected chi connectivity index (χ3v) is 3.32. The summed E-state index contributed by atoms with van der Waals surface area (Å²) in [7, 11) is 1.41. The molecule has 22 heavy (non-hydrogen) atoms. The van der Waals surface area contributed by atoms with Crippen LogP contribution in [0.3, 0.4) is 0 Å². The molecule has 124 valence electrons. The van der Waals surface area contributed by atoms with Crippen LogP contribution in [0.1, 0.15) is 64.2 Å². The van der Waals surface area contributed by atoms with Crippen LogP contribution in [0.25, 0.3) is 0 Å². The average Bonchev–Trinajstić information content (AvgIpc) is 2.52. The van der Waals surface area contributed by atoms with Gasteiger partial charge in [0.05, 0.1) is 7.11 Å². The highest BCUT2D eigenvalue weighted by molar-refractivity contribution is 5.68. The van der Waals surface area contributed by atoms with Crippen molar-refractivity contribution in [2.75, 3.05) is 7.11 Å². The van der Waals surface area contributed by atoms with E-state index in [1.807, 2.05) is 12.2 Å². The second-order valence-corrected chi connectivity index (χ2v) is 5.31. The first-order valence-electron chi connectivity index (χ1n) is 8.22. The summed E-state index contributed by atoms with van der Waals surface area (Å²) in [5, 5.41) is 9.71. The number of rotatable bonds is 12. The van der Waals surface area contributed by atoms with Gasteiger partial charge in [-0.05, 0) is 51.0 Å². The van der Waals surface area contributed by atoms with Crippen molar-refractivity contribution in [2.45, 2.75) is 70.3 Å². The number of aliphatic hydroxyl groups is 1. The van der Waals surface area contributed by atoms with Gasteiger partial charge in [-0.3, -0.25) is 4.79 Å². The minimum absolute atomic E-state index is 0.151. The molecule has 0 aliphatic rings. The molecule has 0 aromatic rings. The fraction of sp³-hybridized carbons (Fsp3) is 0.632. The Morgan fingerprint density at radius 2 is 1.91 bits per heavy atom. The summed E-state index contributed by atoms with van der Waals surface area (Å²) in [4.78, 5) is 10.9. The Balaban J connectivity index is 3.51. The van der Waals surface area contributed by atoms with Gasteiger partial charge in [0, 0.05) is 6.42 Å². The molecule has 0 heterocycles. The predicted molar refractivity (Wildman–Crippen MR) is 91.3 cm³/mol. The smallest absolute Gasteiger partial charge is 0.305 e. The van der Waals surface area contributed by atoms with Crippen LogP contribution < -0.4 is 0 Å². The predicted octanol–water partition coefficient (Wildman–Crippen LogP) is 4.17. The molecule has 0 aliphatic carbocycles. The molecular formula is C19H30O3. The van der Waals surface area contributed by atoms with Crippen molar-refractivity contribution in [3.8, 4) is 11.8 Å². The summed E-state index contributed by atoms with van der Waals surface area (Å²) >= 11 is 0. The fourth-order valence-electron chi connectivity index (χ4n) is 1.97. The number of hydrogen-bond donors (Lipinski definition) is 1. The van der Waals surface area contributed by atoms with Crippen LogP contribution in [0.5, 0.6) is 0 Å². The van der Waals surface area contributed by atoms with Gasteiger partial charge in [0.15, 0.2) is 0 Å². The summed E-state index contributed by atoms with van der Waals surface area (Å²) in [6, 6.07) is 0. The van der Waals surface area contributed by atoms with Gasteiger partial charge in [0.2, 0.25) is 0 Å². The number of unbranched alkanes of at least 4 members (excludes halogenated alkanes) is 6. The zero-order chi connectivity index (χ0) is 16.5. The molecule has 0 rings (SSSR count). The van der Waals surface area contributed by atoms with E-state index >= 15 is 0 Å². The lowest BCUT2D eigenvalue weighted by Gasteiger charge is -2.03. The topological polar surface area (TPSA) is 46.5 Å². The Bertz CT molecular complexity index is 374. The Kier molecular flexibility index (Phi) is 14.7. The number of aliphatic hydroxyl groups excluding tert-OH is 1. The molecule has 3 nitrogen and oxygen atoms in total. The largest absolute Gasteiger partial charge is 0.469 e. The molecule has 0 bridgehead atoms. The molecule has 0 unspecified atom stereocenters. The number of hydrogen-bond acceptors (Lipinski definition) is 3. The second kappa shape index (κ2) is 15.9. The van der Waals surface area contributed by atoms with Crippen LogP contribution in [-0.2, 0) is 9.53 Å². The van der Waals surface area contributed by atoms with Gasteiger partial charge in [0.25, 0.3) is 0 Å². The number of ether oxygens (including phenoxy) is 1. The van der Waals surface area contributed by atoms with Crippen molar-refractivity contribution >= 4 is 5.97 Å². The Morgan fingerprint density at radius 1 is 1.18 bits per heavy atom. The van der Waals surface area contributed by atoms with E-state index in [0.29, 0.717) is 12.8 Å². The van der Waals surface area contributed by atoms with E-state index in [0.717, 1.165) is 44.9 Å². The fourth-order valence-corrected chi connectivity index (χ4v) is 1.97. The van der Waals surface area contributed by atoms with Gasteiger partial charge in [-0.25, -0.2) is 0 Å². The molecule has 0 saturated heterocycles. The molecule has 0 radical (unpaired) electrons. The second-order valence-electron chi connectivity index (χ2n) is 5.31. The molecule has 0 amide bonds. The first-order chi connectivity index (χ1) is 10.7. The first kappa shape index (κ1) is 20.5. The Morgan fingerprint density at radius 3 is 2.64 bits per heavy atom. The van der Waals surface area contributed by atoms with Crippen LogP contribution >= 0.6 is 0 Å². The summed E-state index contributed by atoms with van der Waals surface area (Å²) in [6.07, 6.45) is 14.6. The number of carbonyl (C=O) groups excluding carboxylic acids is 1. The van der Waals surface area contributed by atoms with Gasteiger partial charge in [-0.2, -0.15) is 0 Å². The minimum Gasteiger partial charge on any atom is -0.469 e. The number of esters is 1. The van der Waals surface area contributed by atoms with Crippen LogP contribution in [0.4, 0.5) is 0 Å². The minimum atomic E-state index is -0.550. The molecule has 3 heteroatoms. The highest BCUT2D eigenvalue weighted by atomic mass is 16.5. The van der Waals surface area contributed by atoms with E-state index in [4.69, 9.17) is 0 Å². The Hall–Kier alpha value is -1.53. The molecule has 0 aromatic carbocycles. The van der Waals surface area contributed by atoms with Crippen LogP contribution in [0.2, 0.25) is 0 Å². The van der Waals surface area contributed by atoms with Crippen molar-refractivity contribution in [1.82, 2.24) is 0 Å². The molecule has 0 saturated carbocycles. The standard InChI is InChI=1S/C19H30O3/c1-3-4-5-6-7-8-9-12-15-18(20)16-13-10-11-14-17-19(21)22-2/h3,8-9,18,20H,1,4-7,10-11,13-14,16-17H2,2H3/b9-8+/t18-/m1/s1. The highest BCUT2D eigenvalue weighted by Crippen LogP contribution is 2.07. The van der Waals surface area contributed by atoms with Crippen molar-refractivity contribution < 1.29 is 14.6 Å². The van der Waals surface area contributed by atoms with Crippen LogP contribution in [-0.4, -0.2) is 24.3 Å². The van der Waals surface area contributed by atoms with Crippen molar-refractivity contribution in [2.24, 2.45) is 0 Å². The Labute approximate surface area is 135 Å². The van der Waals surface area contributed by atoms with E-state index in [9.17, 15) is 9.90 Å². The first-order valence-corrected chi connectivity index (χ1v) is 8.22. The number of carbonyl (C=O) groups is 1. The van der Waals surface area contributed by atoms with Crippen molar-refractivity contribution in [3.05, 3.63) is 24.8 Å². The maximum Gasteiger partial charge on any atom is 0.305 e. The van der Waals surface area contributed by atoms with Crippen LogP contribution in [0.15, 0.2) is 24.8 Å². The summed E-state index contributed by atoms with van der Waals surface area (Å²) in [6.45, 7) is 3.69. The highest BCUT2D eigenvalue weighted by Gasteiger charge is 2.01. The van der Waals surface area contributed by atoms with Gasteiger partial charge in [-0.1, -0.05) is 36.8 Å². The third kappa shape index (κ3) is 14.9. The normalized spacial score (nSPS) is 11.7. The number of allylic oxidation sites excluding steroid dienone is 3. The average molecular weight is 306 g/mol. The molecule has 0 fully saturated rings. The van der Waals surface area contributed by atoms with Crippen molar-refractivity contribution in [3.63, 3.8) is 0 Å². The SMILES string of the molecule is C=CCCCC/C=C/C#C[C@@H](O)CCCCCCC(=O)OC. The van der Waals surface area contributed by atoms with E-state index in [1.54, 1.807) is 0 Å². The quantitative estimate of drug-likeness (QED) is 0.255. The lowest BCUT2D eigenvalue weighted by molar-refractivity contribution is -0.140. The molecule has 0 aromatic heterocycles. The van der Waals surface area contributed by atoms with E-state index in [2.05, 4.69) is 29.2 Å². The van der Waals surface area contributed by atoms with Gasteiger partial charge in [0.1, 0.15) is 6.10 Å². The monoisotopic (exact) mass is 306 g/mol. The zero-order valence-electron chi connectivity index (χ0n) is 13.9. The molecule has 0 aliphatic heterocycles. The van der Waals surface area contributed by atoms with Gasteiger partial charge < -0.3 is 9.84 Å². The summed E-state index contributed by atoms with van der Waals surface area (Å²) < 4.78 is 4.58. The van der Waals surface area contributed by atoms with Crippen molar-refractivity contribution in [1.29, 1.82) is 0 Å². The molecule has 0 spiro atoms. The van der Waals surface area contributed by atoms with Crippen LogP contribution in [0, 0.1) is 11.8 Å². The maximum absolute atomic E-state index is 10.9. The number of methoxy groups -OCH3 is 1. The summed E-state index contributed by atoms with van der Waals surface area (Å²) in [5.41, 5.74) is 0. The molecular weight excluding hydrogens is 276 g/mol.